The Morgan fingerprint density at radius 3 is 3.15 bits per heavy atom. The Kier molecular flexibility index (Phi) is 1.70. The number of hydrogen-bond donors (Lipinski definition) is 0. The molecule has 0 saturated carbocycles. The van der Waals surface area contributed by atoms with Crippen LogP contribution >= 0.6 is 11.6 Å². The van der Waals surface area contributed by atoms with Crippen LogP contribution in [-0.4, -0.2) is 9.55 Å². The molecule has 0 spiro atoms. The highest BCUT2D eigenvalue weighted by molar-refractivity contribution is 6.30. The van der Waals surface area contributed by atoms with E-state index >= 15 is 0 Å². The van der Waals surface area contributed by atoms with E-state index in [1.165, 1.54) is 23.0 Å². The van der Waals surface area contributed by atoms with Gasteiger partial charge in [0.05, 0.1) is 5.02 Å². The van der Waals surface area contributed by atoms with Crippen LogP contribution in [0.3, 0.4) is 0 Å². The van der Waals surface area contributed by atoms with Gasteiger partial charge in [-0.05, 0) is 0 Å². The second-order valence-electron chi connectivity index (χ2n) is 2.40. The van der Waals surface area contributed by atoms with Crippen LogP contribution < -0.4 is 5.76 Å². The van der Waals surface area contributed by atoms with Crippen LogP contribution in [0.5, 0.6) is 0 Å². The lowest BCUT2D eigenvalue weighted by molar-refractivity contribution is 0.544. The zero-order valence-electron chi connectivity index (χ0n) is 6.53. The molecule has 2 aromatic heterocycles. The number of halogens is 1. The van der Waals surface area contributed by atoms with E-state index in [1.807, 2.05) is 0 Å². The van der Waals surface area contributed by atoms with E-state index < -0.39 is 5.76 Å². The van der Waals surface area contributed by atoms with Gasteiger partial charge in [0.15, 0.2) is 11.2 Å². The van der Waals surface area contributed by atoms with Crippen molar-refractivity contribution in [2.75, 3.05) is 0 Å². The van der Waals surface area contributed by atoms with Crippen molar-refractivity contribution >= 4 is 29.0 Å². The Labute approximate surface area is 78.1 Å². The van der Waals surface area contributed by atoms with Crippen molar-refractivity contribution in [2.45, 2.75) is 0 Å². The number of nitrogens with zero attached hydrogens (tertiary/aromatic N) is 2. The molecule has 2 heterocycles. The van der Waals surface area contributed by atoms with Crippen molar-refractivity contribution < 1.29 is 4.42 Å². The highest BCUT2D eigenvalue weighted by Crippen LogP contribution is 2.15. The smallest absolute Gasteiger partial charge is 0.406 e. The minimum absolute atomic E-state index is 0.359. The van der Waals surface area contributed by atoms with Gasteiger partial charge in [0.1, 0.15) is 0 Å². The molecule has 4 nitrogen and oxygen atoms in total. The van der Waals surface area contributed by atoms with Gasteiger partial charge in [-0.1, -0.05) is 18.2 Å². The van der Waals surface area contributed by atoms with Crippen molar-refractivity contribution in [1.29, 1.82) is 0 Å². The molecule has 0 aliphatic carbocycles. The van der Waals surface area contributed by atoms with Crippen LogP contribution in [0.2, 0.25) is 5.02 Å². The molecule has 13 heavy (non-hydrogen) atoms. The molecule has 0 fully saturated rings. The summed E-state index contributed by atoms with van der Waals surface area (Å²) in [6.07, 6.45) is 2.79. The maximum Gasteiger partial charge on any atom is 0.425 e. The van der Waals surface area contributed by atoms with E-state index in [0.29, 0.717) is 16.3 Å². The predicted molar refractivity (Wildman–Crippen MR) is 49.7 cm³/mol. The standard InChI is InChI=1S/C8H5ClN2O2/c1-2-11-7-6(13-8(11)12)3-5(9)4-10-7/h2-4H,1H2. The molecule has 5 heteroatoms. The van der Waals surface area contributed by atoms with Crippen LogP contribution in [0.1, 0.15) is 0 Å². The van der Waals surface area contributed by atoms with Crippen molar-refractivity contribution in [3.05, 3.63) is 34.4 Å². The molecule has 66 valence electrons. The zero-order valence-corrected chi connectivity index (χ0v) is 7.28. The molecule has 0 N–H and O–H groups in total. The molecule has 0 aromatic carbocycles. The molecular formula is C8H5ClN2O2. The third kappa shape index (κ3) is 1.15. The molecule has 0 aliphatic rings. The number of aromatic nitrogens is 2. The minimum Gasteiger partial charge on any atom is -0.406 e. The Balaban J connectivity index is 2.94. The van der Waals surface area contributed by atoms with Gasteiger partial charge in [0.25, 0.3) is 0 Å². The molecule has 0 saturated heterocycles. The van der Waals surface area contributed by atoms with E-state index in [4.69, 9.17) is 16.0 Å². The first-order chi connectivity index (χ1) is 6.22. The van der Waals surface area contributed by atoms with E-state index in [0.717, 1.165) is 0 Å². The number of fused-ring (bicyclic) bond motifs is 1. The molecule has 0 radical (unpaired) electrons. The third-order valence-electron chi connectivity index (χ3n) is 1.60. The zero-order chi connectivity index (χ0) is 9.42. The van der Waals surface area contributed by atoms with Gasteiger partial charge < -0.3 is 4.42 Å². The second kappa shape index (κ2) is 2.74. The maximum absolute atomic E-state index is 11.1. The fraction of sp³-hybridized carbons (Fsp3) is 0. The van der Waals surface area contributed by atoms with E-state index in [9.17, 15) is 4.79 Å². The second-order valence-corrected chi connectivity index (χ2v) is 2.83. The average molecular weight is 197 g/mol. The van der Waals surface area contributed by atoms with Crippen molar-refractivity contribution in [3.63, 3.8) is 0 Å². The van der Waals surface area contributed by atoms with Crippen molar-refractivity contribution in [3.8, 4) is 0 Å². The predicted octanol–water partition coefficient (Wildman–Crippen LogP) is 1.74. The SMILES string of the molecule is C=Cn1c(=O)oc2cc(Cl)cnc21. The van der Waals surface area contributed by atoms with Crippen LogP contribution in [-0.2, 0) is 0 Å². The van der Waals surface area contributed by atoms with Gasteiger partial charge in [0.2, 0.25) is 0 Å². The number of pyridine rings is 1. The van der Waals surface area contributed by atoms with Crippen LogP contribution in [0, 0.1) is 0 Å². The normalized spacial score (nSPS) is 10.5. The summed E-state index contributed by atoms with van der Waals surface area (Å²) >= 11 is 5.66. The number of hydrogen-bond acceptors (Lipinski definition) is 3. The molecule has 2 aromatic rings. The summed E-state index contributed by atoms with van der Waals surface area (Å²) in [6.45, 7) is 3.47. The lowest BCUT2D eigenvalue weighted by Crippen LogP contribution is -2.07. The summed E-state index contributed by atoms with van der Waals surface area (Å²) in [5, 5.41) is 0.428. The Hall–Kier alpha value is -1.55. The summed E-state index contributed by atoms with van der Waals surface area (Å²) in [4.78, 5) is 15.1. The van der Waals surface area contributed by atoms with Gasteiger partial charge in [-0.25, -0.2) is 14.3 Å². The first kappa shape index (κ1) is 8.07. The molecule has 0 atom stereocenters. The van der Waals surface area contributed by atoms with Gasteiger partial charge in [-0.2, -0.15) is 0 Å². The van der Waals surface area contributed by atoms with E-state index in [1.54, 1.807) is 0 Å². The van der Waals surface area contributed by atoms with Crippen LogP contribution in [0.4, 0.5) is 0 Å². The summed E-state index contributed by atoms with van der Waals surface area (Å²) in [5.74, 6) is -0.514. The van der Waals surface area contributed by atoms with Crippen LogP contribution in [0.15, 0.2) is 28.1 Å². The molecule has 0 amide bonds. The summed E-state index contributed by atoms with van der Waals surface area (Å²) in [7, 11) is 0. The molecule has 2 rings (SSSR count). The number of oxazole rings is 1. The van der Waals surface area contributed by atoms with E-state index in [2.05, 4.69) is 11.6 Å². The Bertz CT molecular complexity index is 526. The van der Waals surface area contributed by atoms with Gasteiger partial charge in [0, 0.05) is 18.5 Å². The third-order valence-corrected chi connectivity index (χ3v) is 1.81. The summed E-state index contributed by atoms with van der Waals surface area (Å²) in [6, 6.07) is 1.53. The van der Waals surface area contributed by atoms with E-state index in [-0.39, 0.29) is 0 Å². The van der Waals surface area contributed by atoms with Gasteiger partial charge in [-0.3, -0.25) is 0 Å². The molecule has 0 aliphatic heterocycles. The summed E-state index contributed by atoms with van der Waals surface area (Å²) < 4.78 is 6.07. The fourth-order valence-electron chi connectivity index (χ4n) is 1.06. The quantitative estimate of drug-likeness (QED) is 0.698. The lowest BCUT2D eigenvalue weighted by Gasteiger charge is -1.90. The fourth-order valence-corrected chi connectivity index (χ4v) is 1.21. The first-order valence-corrected chi connectivity index (χ1v) is 3.89. The van der Waals surface area contributed by atoms with Crippen LogP contribution in [0.25, 0.3) is 17.4 Å². The molecule has 0 unspecified atom stereocenters. The first-order valence-electron chi connectivity index (χ1n) is 3.51. The summed E-state index contributed by atoms with van der Waals surface area (Å²) in [5.41, 5.74) is 0.779. The highest BCUT2D eigenvalue weighted by Gasteiger charge is 2.07. The lowest BCUT2D eigenvalue weighted by atomic mass is 10.4. The molecule has 0 bridgehead atoms. The highest BCUT2D eigenvalue weighted by atomic mass is 35.5. The largest absolute Gasteiger partial charge is 0.425 e. The topological polar surface area (TPSA) is 48.0 Å². The minimum atomic E-state index is -0.514. The monoisotopic (exact) mass is 196 g/mol. The average Bonchev–Trinajstić information content (AvgIpc) is 2.39. The maximum atomic E-state index is 11.1. The van der Waals surface area contributed by atoms with Crippen molar-refractivity contribution in [1.82, 2.24) is 9.55 Å². The number of rotatable bonds is 1. The molecular weight excluding hydrogens is 192 g/mol. The van der Waals surface area contributed by atoms with Crippen molar-refractivity contribution in [2.24, 2.45) is 0 Å². The Morgan fingerprint density at radius 2 is 2.46 bits per heavy atom. The Morgan fingerprint density at radius 1 is 1.69 bits per heavy atom. The van der Waals surface area contributed by atoms with Gasteiger partial charge >= 0.3 is 5.76 Å². The van der Waals surface area contributed by atoms with Gasteiger partial charge in [-0.15, -0.1) is 0 Å².